The molecule has 6 heteroatoms. The number of ether oxygens (including phenoxy) is 2. The smallest absolute Gasteiger partial charge is 0.408 e. The molecule has 1 rings (SSSR count). The predicted octanol–water partition coefficient (Wildman–Crippen LogP) is 2.55. The lowest BCUT2D eigenvalue weighted by atomic mass is 10.2. The molecule has 2 amide bonds. The van der Waals surface area contributed by atoms with Crippen molar-refractivity contribution in [3.05, 3.63) is 24.3 Å². The lowest BCUT2D eigenvalue weighted by molar-refractivity contribution is -0.115. The second-order valence-electron chi connectivity index (χ2n) is 5.33. The third kappa shape index (κ3) is 6.65. The summed E-state index contributed by atoms with van der Waals surface area (Å²) in [6, 6.07) is 7.11. The van der Waals surface area contributed by atoms with Crippen LogP contribution in [0.25, 0.3) is 0 Å². The fraction of sp³-hybridized carbons (Fsp3) is 0.467. The number of para-hydroxylation sites is 2. The molecule has 0 bridgehead atoms. The molecule has 6 nitrogen and oxygen atoms in total. The quantitative estimate of drug-likeness (QED) is 0.875. The SMILES string of the molecule is CCOc1ccccc1NC(=O)CNC(=O)OC(C)(C)C. The van der Waals surface area contributed by atoms with Crippen molar-refractivity contribution in [2.75, 3.05) is 18.5 Å². The molecular weight excluding hydrogens is 272 g/mol. The monoisotopic (exact) mass is 294 g/mol. The standard InChI is InChI=1S/C15H22N2O4/c1-5-20-12-9-7-6-8-11(12)17-13(18)10-16-14(19)21-15(2,3)4/h6-9H,5,10H2,1-4H3,(H,16,19)(H,17,18). The molecule has 1 aromatic carbocycles. The summed E-state index contributed by atoms with van der Waals surface area (Å²) in [7, 11) is 0. The van der Waals surface area contributed by atoms with Gasteiger partial charge in [-0.15, -0.1) is 0 Å². The number of carbonyl (C=O) groups is 2. The second kappa shape index (κ2) is 7.52. The van der Waals surface area contributed by atoms with Crippen LogP contribution in [0.5, 0.6) is 5.75 Å². The third-order valence-electron chi connectivity index (χ3n) is 2.25. The van der Waals surface area contributed by atoms with Crippen LogP contribution in [-0.2, 0) is 9.53 Å². The zero-order chi connectivity index (χ0) is 15.9. The molecule has 0 aromatic heterocycles. The summed E-state index contributed by atoms with van der Waals surface area (Å²) in [4.78, 5) is 23.2. The Balaban J connectivity index is 2.49. The molecule has 1 aromatic rings. The number of carbonyl (C=O) groups excluding carboxylic acids is 2. The van der Waals surface area contributed by atoms with Crippen molar-refractivity contribution in [2.45, 2.75) is 33.3 Å². The highest BCUT2D eigenvalue weighted by Crippen LogP contribution is 2.23. The summed E-state index contributed by atoms with van der Waals surface area (Å²) in [5.74, 6) is 0.235. The first-order valence-corrected chi connectivity index (χ1v) is 6.80. The van der Waals surface area contributed by atoms with E-state index >= 15 is 0 Å². The highest BCUT2D eigenvalue weighted by atomic mass is 16.6. The first kappa shape index (κ1) is 16.8. The van der Waals surface area contributed by atoms with Crippen LogP contribution in [0.4, 0.5) is 10.5 Å². The van der Waals surface area contributed by atoms with E-state index in [-0.39, 0.29) is 12.5 Å². The van der Waals surface area contributed by atoms with Gasteiger partial charge in [0, 0.05) is 0 Å². The molecule has 21 heavy (non-hydrogen) atoms. The Hall–Kier alpha value is -2.24. The van der Waals surface area contributed by atoms with Gasteiger partial charge in [-0.3, -0.25) is 4.79 Å². The first-order valence-electron chi connectivity index (χ1n) is 6.80. The van der Waals surface area contributed by atoms with Crippen molar-refractivity contribution in [3.63, 3.8) is 0 Å². The van der Waals surface area contributed by atoms with Crippen molar-refractivity contribution < 1.29 is 19.1 Å². The molecular formula is C15H22N2O4. The number of nitrogens with one attached hydrogen (secondary N) is 2. The first-order chi connectivity index (χ1) is 9.81. The van der Waals surface area contributed by atoms with E-state index in [2.05, 4.69) is 10.6 Å². The molecule has 0 aliphatic heterocycles. The van der Waals surface area contributed by atoms with E-state index in [1.54, 1.807) is 39.0 Å². The minimum Gasteiger partial charge on any atom is -0.492 e. The fourth-order valence-corrected chi connectivity index (χ4v) is 1.51. The molecule has 0 heterocycles. The summed E-state index contributed by atoms with van der Waals surface area (Å²) < 4.78 is 10.4. The van der Waals surface area contributed by atoms with Gasteiger partial charge < -0.3 is 20.1 Å². The van der Waals surface area contributed by atoms with E-state index in [1.165, 1.54) is 0 Å². The van der Waals surface area contributed by atoms with Gasteiger partial charge in [0.25, 0.3) is 0 Å². The molecule has 0 fully saturated rings. The maximum absolute atomic E-state index is 11.8. The van der Waals surface area contributed by atoms with Crippen LogP contribution in [0.1, 0.15) is 27.7 Å². The molecule has 0 saturated heterocycles. The zero-order valence-corrected chi connectivity index (χ0v) is 12.9. The lowest BCUT2D eigenvalue weighted by Crippen LogP contribution is -2.37. The van der Waals surface area contributed by atoms with Gasteiger partial charge in [-0.25, -0.2) is 4.79 Å². The summed E-state index contributed by atoms with van der Waals surface area (Å²) in [6.45, 7) is 7.46. The topological polar surface area (TPSA) is 76.7 Å². The summed E-state index contributed by atoms with van der Waals surface area (Å²) >= 11 is 0. The maximum atomic E-state index is 11.8. The average Bonchev–Trinajstić information content (AvgIpc) is 2.37. The Labute approximate surface area is 124 Å². The van der Waals surface area contributed by atoms with E-state index in [0.29, 0.717) is 18.0 Å². The van der Waals surface area contributed by atoms with Crippen molar-refractivity contribution in [1.82, 2.24) is 5.32 Å². The second-order valence-corrected chi connectivity index (χ2v) is 5.33. The number of alkyl carbamates (subject to hydrolysis) is 1. The number of rotatable bonds is 5. The number of benzene rings is 1. The van der Waals surface area contributed by atoms with E-state index in [1.807, 2.05) is 13.0 Å². The van der Waals surface area contributed by atoms with Gasteiger partial charge in [-0.1, -0.05) is 12.1 Å². The normalized spacial score (nSPS) is 10.7. The molecule has 0 atom stereocenters. The molecule has 0 saturated carbocycles. The molecule has 2 N–H and O–H groups in total. The number of anilines is 1. The van der Waals surface area contributed by atoms with Crippen LogP contribution in [0.3, 0.4) is 0 Å². The number of hydrogen-bond donors (Lipinski definition) is 2. The van der Waals surface area contributed by atoms with Crippen LogP contribution in [0.2, 0.25) is 0 Å². The average molecular weight is 294 g/mol. The van der Waals surface area contributed by atoms with Crippen LogP contribution >= 0.6 is 0 Å². The molecule has 0 aliphatic carbocycles. The van der Waals surface area contributed by atoms with Crippen LogP contribution in [0.15, 0.2) is 24.3 Å². The molecule has 0 spiro atoms. The van der Waals surface area contributed by atoms with Gasteiger partial charge in [0.1, 0.15) is 17.9 Å². The van der Waals surface area contributed by atoms with Gasteiger partial charge in [-0.2, -0.15) is 0 Å². The summed E-state index contributed by atoms with van der Waals surface area (Å²) in [6.07, 6.45) is -0.629. The van der Waals surface area contributed by atoms with Crippen LogP contribution < -0.4 is 15.4 Å². The van der Waals surface area contributed by atoms with Gasteiger partial charge in [-0.05, 0) is 39.8 Å². The van der Waals surface area contributed by atoms with Crippen molar-refractivity contribution in [1.29, 1.82) is 0 Å². The van der Waals surface area contributed by atoms with E-state index in [9.17, 15) is 9.59 Å². The van der Waals surface area contributed by atoms with E-state index in [0.717, 1.165) is 0 Å². The zero-order valence-electron chi connectivity index (χ0n) is 12.9. The molecule has 116 valence electrons. The Morgan fingerprint density at radius 2 is 1.86 bits per heavy atom. The van der Waals surface area contributed by atoms with Gasteiger partial charge in [0.15, 0.2) is 0 Å². The lowest BCUT2D eigenvalue weighted by Gasteiger charge is -2.19. The van der Waals surface area contributed by atoms with Gasteiger partial charge in [0.05, 0.1) is 12.3 Å². The molecule has 0 unspecified atom stereocenters. The largest absolute Gasteiger partial charge is 0.492 e. The fourth-order valence-electron chi connectivity index (χ4n) is 1.51. The number of amides is 2. The van der Waals surface area contributed by atoms with E-state index in [4.69, 9.17) is 9.47 Å². The highest BCUT2D eigenvalue weighted by Gasteiger charge is 2.16. The Morgan fingerprint density at radius 1 is 1.19 bits per heavy atom. The van der Waals surface area contributed by atoms with Crippen LogP contribution in [0, 0.1) is 0 Å². The van der Waals surface area contributed by atoms with Gasteiger partial charge >= 0.3 is 6.09 Å². The summed E-state index contributed by atoms with van der Waals surface area (Å²) in [5.41, 5.74) is -0.0300. The third-order valence-corrected chi connectivity index (χ3v) is 2.25. The maximum Gasteiger partial charge on any atom is 0.408 e. The van der Waals surface area contributed by atoms with Crippen molar-refractivity contribution in [3.8, 4) is 5.75 Å². The Bertz CT molecular complexity index is 495. The highest BCUT2D eigenvalue weighted by molar-refractivity contribution is 5.95. The molecule has 0 aliphatic rings. The van der Waals surface area contributed by atoms with Crippen molar-refractivity contribution >= 4 is 17.7 Å². The van der Waals surface area contributed by atoms with E-state index < -0.39 is 11.7 Å². The number of hydrogen-bond acceptors (Lipinski definition) is 4. The minimum atomic E-state index is -0.629. The van der Waals surface area contributed by atoms with Gasteiger partial charge in [0.2, 0.25) is 5.91 Å². The summed E-state index contributed by atoms with van der Waals surface area (Å²) in [5, 5.41) is 5.08. The molecule has 0 radical (unpaired) electrons. The Kier molecular flexibility index (Phi) is 6.02. The Morgan fingerprint density at radius 3 is 2.48 bits per heavy atom. The minimum absolute atomic E-state index is 0.171. The van der Waals surface area contributed by atoms with Crippen LogP contribution in [-0.4, -0.2) is 30.8 Å². The predicted molar refractivity (Wildman–Crippen MR) is 80.5 cm³/mol. The van der Waals surface area contributed by atoms with Crippen molar-refractivity contribution in [2.24, 2.45) is 0 Å².